The lowest BCUT2D eigenvalue weighted by Gasteiger charge is -2.22. The Morgan fingerprint density at radius 3 is 2.57 bits per heavy atom. The minimum Gasteiger partial charge on any atom is -0.478 e. The Bertz CT molecular complexity index is 687. The van der Waals surface area contributed by atoms with Crippen molar-refractivity contribution in [1.29, 1.82) is 0 Å². The number of esters is 1. The fraction of sp³-hybridized carbons (Fsp3) is 0.667. The van der Waals surface area contributed by atoms with Crippen molar-refractivity contribution in [3.8, 4) is 0 Å². The lowest BCUT2D eigenvalue weighted by molar-refractivity contribution is -0.145. The molecule has 168 valence electrons. The SMILES string of the molecule is C/C1=C\CC[C@@]2(C)O[C@H]2[C@H]2OC(=O)[C@@H](CNCCO)[C@@H]2CC1.O=C(O)/C=C/C(=O)O. The molecule has 0 aromatic heterocycles. The van der Waals surface area contributed by atoms with E-state index in [2.05, 4.69) is 25.2 Å². The zero-order valence-corrected chi connectivity index (χ0v) is 17.4. The molecule has 0 spiro atoms. The summed E-state index contributed by atoms with van der Waals surface area (Å²) in [5.74, 6) is -2.55. The summed E-state index contributed by atoms with van der Waals surface area (Å²) < 4.78 is 11.6. The van der Waals surface area contributed by atoms with Crippen molar-refractivity contribution in [2.24, 2.45) is 11.8 Å². The summed E-state index contributed by atoms with van der Waals surface area (Å²) in [4.78, 5) is 31.4. The second-order valence-electron chi connectivity index (χ2n) is 8.09. The van der Waals surface area contributed by atoms with Gasteiger partial charge in [0.05, 0.1) is 18.1 Å². The normalized spacial score (nSPS) is 34.5. The summed E-state index contributed by atoms with van der Waals surface area (Å²) >= 11 is 0. The minimum absolute atomic E-state index is 0.0519. The van der Waals surface area contributed by atoms with Crippen LogP contribution in [0.15, 0.2) is 23.8 Å². The molecule has 3 aliphatic rings. The van der Waals surface area contributed by atoms with Crippen molar-refractivity contribution < 1.29 is 39.2 Å². The zero-order chi connectivity index (χ0) is 22.3. The number of allylic oxidation sites excluding steroid dienone is 2. The maximum absolute atomic E-state index is 12.3. The second-order valence-corrected chi connectivity index (χ2v) is 8.09. The maximum atomic E-state index is 12.3. The molecule has 3 rings (SSSR count). The van der Waals surface area contributed by atoms with Gasteiger partial charge in [-0.05, 0) is 39.5 Å². The Morgan fingerprint density at radius 2 is 1.97 bits per heavy atom. The van der Waals surface area contributed by atoms with Crippen LogP contribution < -0.4 is 5.32 Å². The molecule has 2 aliphatic heterocycles. The highest BCUT2D eigenvalue weighted by molar-refractivity contribution is 5.89. The predicted octanol–water partition coefficient (Wildman–Crippen LogP) is 1.12. The van der Waals surface area contributed by atoms with E-state index in [9.17, 15) is 14.4 Å². The van der Waals surface area contributed by atoms with Crippen molar-refractivity contribution in [3.05, 3.63) is 23.8 Å². The van der Waals surface area contributed by atoms with Crippen molar-refractivity contribution in [2.75, 3.05) is 19.7 Å². The highest BCUT2D eigenvalue weighted by Gasteiger charge is 2.62. The molecule has 9 nitrogen and oxygen atoms in total. The van der Waals surface area contributed by atoms with Crippen LogP contribution >= 0.6 is 0 Å². The van der Waals surface area contributed by atoms with E-state index < -0.39 is 11.9 Å². The van der Waals surface area contributed by atoms with Crippen LogP contribution in [0, 0.1) is 11.8 Å². The number of epoxide rings is 1. The van der Waals surface area contributed by atoms with Gasteiger partial charge >= 0.3 is 17.9 Å². The van der Waals surface area contributed by atoms with Gasteiger partial charge in [-0.15, -0.1) is 0 Å². The first kappa shape index (κ1) is 24.0. The number of aliphatic carboxylic acids is 2. The summed E-state index contributed by atoms with van der Waals surface area (Å²) in [6, 6.07) is 0. The average molecular weight is 425 g/mol. The van der Waals surface area contributed by atoms with E-state index in [0.29, 0.717) is 25.2 Å². The third-order valence-electron chi connectivity index (χ3n) is 5.76. The molecule has 0 unspecified atom stereocenters. The van der Waals surface area contributed by atoms with Gasteiger partial charge in [-0.3, -0.25) is 4.79 Å². The molecule has 0 aromatic carbocycles. The van der Waals surface area contributed by atoms with Gasteiger partial charge in [0.2, 0.25) is 0 Å². The quantitative estimate of drug-likeness (QED) is 0.162. The first-order valence-electron chi connectivity index (χ1n) is 10.2. The molecule has 30 heavy (non-hydrogen) atoms. The lowest BCUT2D eigenvalue weighted by atomic mass is 9.80. The van der Waals surface area contributed by atoms with Crippen molar-refractivity contribution in [3.63, 3.8) is 0 Å². The number of hydrogen-bond donors (Lipinski definition) is 4. The standard InChI is InChI=1S/C17H27NO4.C4H4O4/c1-11-4-3-7-17(2)15(22-17)14-12(6-5-11)13(16(20)21-14)10-18-8-9-19;5-3(6)1-2-4(7)8/h4,12-15,18-19H,3,5-10H2,1-2H3;1-2H,(H,5,6)(H,7,8)/b11-4+;2-1+/t12-,13-,14-,15-,17+;/m0./s1. The molecule has 2 saturated heterocycles. The Labute approximate surface area is 175 Å². The molecule has 4 N–H and O–H groups in total. The Hall–Kier alpha value is -2.23. The fourth-order valence-electron chi connectivity index (χ4n) is 4.05. The number of fused-ring (bicyclic) bond motifs is 3. The Morgan fingerprint density at radius 1 is 1.30 bits per heavy atom. The lowest BCUT2D eigenvalue weighted by Crippen LogP contribution is -2.35. The molecule has 0 saturated carbocycles. The summed E-state index contributed by atoms with van der Waals surface area (Å²) in [6.45, 7) is 5.47. The van der Waals surface area contributed by atoms with Crippen LogP contribution in [0.3, 0.4) is 0 Å². The first-order chi connectivity index (χ1) is 14.2. The van der Waals surface area contributed by atoms with Crippen LogP contribution in [0.2, 0.25) is 0 Å². The number of aliphatic hydroxyl groups is 1. The second kappa shape index (κ2) is 10.7. The van der Waals surface area contributed by atoms with E-state index in [1.54, 1.807) is 0 Å². The van der Waals surface area contributed by atoms with Gasteiger partial charge in [0.15, 0.2) is 0 Å². The van der Waals surface area contributed by atoms with Crippen molar-refractivity contribution in [1.82, 2.24) is 5.32 Å². The monoisotopic (exact) mass is 425 g/mol. The molecule has 1 aliphatic carbocycles. The molecule has 5 atom stereocenters. The number of aliphatic hydroxyl groups excluding tert-OH is 1. The van der Waals surface area contributed by atoms with Gasteiger partial charge < -0.3 is 30.1 Å². The van der Waals surface area contributed by atoms with Crippen LogP contribution in [0.4, 0.5) is 0 Å². The predicted molar refractivity (Wildman–Crippen MR) is 107 cm³/mol. The van der Waals surface area contributed by atoms with Crippen LogP contribution in [-0.4, -0.2) is 70.7 Å². The Balaban J connectivity index is 0.000000343. The van der Waals surface area contributed by atoms with Crippen LogP contribution in [0.5, 0.6) is 0 Å². The van der Waals surface area contributed by atoms with Crippen molar-refractivity contribution >= 4 is 17.9 Å². The molecular formula is C21H31NO8. The fourth-order valence-corrected chi connectivity index (χ4v) is 4.05. The van der Waals surface area contributed by atoms with Gasteiger partial charge in [-0.25, -0.2) is 9.59 Å². The number of hydrogen-bond acceptors (Lipinski definition) is 7. The highest BCUT2D eigenvalue weighted by Crippen LogP contribution is 2.50. The molecular weight excluding hydrogens is 394 g/mol. The topological polar surface area (TPSA) is 146 Å². The van der Waals surface area contributed by atoms with Gasteiger partial charge in [0.25, 0.3) is 0 Å². The van der Waals surface area contributed by atoms with E-state index >= 15 is 0 Å². The van der Waals surface area contributed by atoms with Crippen LogP contribution in [0.1, 0.15) is 39.5 Å². The van der Waals surface area contributed by atoms with E-state index in [1.807, 2.05) is 0 Å². The number of ether oxygens (including phenoxy) is 2. The van der Waals surface area contributed by atoms with E-state index in [-0.39, 0.29) is 42.2 Å². The highest BCUT2D eigenvalue weighted by atomic mass is 16.6. The number of carboxylic acid groups (broad SMARTS) is 2. The molecule has 2 fully saturated rings. The third kappa shape index (κ3) is 6.65. The van der Waals surface area contributed by atoms with Crippen LogP contribution in [0.25, 0.3) is 0 Å². The maximum Gasteiger partial charge on any atom is 0.328 e. The largest absolute Gasteiger partial charge is 0.478 e. The average Bonchev–Trinajstić information content (AvgIpc) is 3.24. The molecule has 0 bridgehead atoms. The van der Waals surface area contributed by atoms with Gasteiger partial charge in [0, 0.05) is 31.2 Å². The summed E-state index contributed by atoms with van der Waals surface area (Å²) in [5, 5.41) is 27.7. The summed E-state index contributed by atoms with van der Waals surface area (Å²) in [5.41, 5.74) is 1.26. The number of carbonyl (C=O) groups excluding carboxylic acids is 1. The van der Waals surface area contributed by atoms with E-state index in [4.69, 9.17) is 24.8 Å². The molecule has 0 aromatic rings. The molecule has 0 radical (unpaired) electrons. The van der Waals surface area contributed by atoms with Gasteiger partial charge in [-0.1, -0.05) is 11.6 Å². The summed E-state index contributed by atoms with van der Waals surface area (Å²) in [6.07, 6.45) is 7.36. The molecule has 9 heteroatoms. The smallest absolute Gasteiger partial charge is 0.328 e. The van der Waals surface area contributed by atoms with Crippen LogP contribution in [-0.2, 0) is 23.9 Å². The molecule has 0 amide bonds. The van der Waals surface area contributed by atoms with Gasteiger partial charge in [0.1, 0.15) is 12.2 Å². The number of carbonyl (C=O) groups is 3. The third-order valence-corrected chi connectivity index (χ3v) is 5.76. The zero-order valence-electron chi connectivity index (χ0n) is 17.4. The first-order valence-corrected chi connectivity index (χ1v) is 10.2. The number of carboxylic acids is 2. The Kier molecular flexibility index (Phi) is 8.57. The van der Waals surface area contributed by atoms with E-state index in [1.165, 1.54) is 5.57 Å². The number of nitrogens with one attached hydrogen (secondary N) is 1. The van der Waals surface area contributed by atoms with E-state index in [0.717, 1.165) is 25.7 Å². The van der Waals surface area contributed by atoms with Crippen molar-refractivity contribution in [2.45, 2.75) is 57.3 Å². The minimum atomic E-state index is -1.26. The van der Waals surface area contributed by atoms with Gasteiger partial charge in [-0.2, -0.15) is 0 Å². The molecule has 2 heterocycles. The summed E-state index contributed by atoms with van der Waals surface area (Å²) in [7, 11) is 0. The number of rotatable bonds is 6.